The van der Waals surface area contributed by atoms with Crippen molar-refractivity contribution in [3.05, 3.63) is 40.1 Å². The van der Waals surface area contributed by atoms with Gasteiger partial charge in [-0.25, -0.2) is 4.68 Å². The fourth-order valence-electron chi connectivity index (χ4n) is 3.40. The smallest absolute Gasteiger partial charge is 0.182 e. The molecule has 5 atom stereocenters. The third kappa shape index (κ3) is 3.60. The van der Waals surface area contributed by atoms with Crippen LogP contribution < -0.4 is 4.74 Å². The van der Waals surface area contributed by atoms with Crippen LogP contribution in [0.1, 0.15) is 6.23 Å². The number of aliphatic hydroxyl groups excluding tert-OH is 4. The van der Waals surface area contributed by atoms with Gasteiger partial charge in [0.15, 0.2) is 6.23 Å². The third-order valence-corrected chi connectivity index (χ3v) is 6.07. The molecule has 1 aromatic heterocycles. The second-order valence-electron chi connectivity index (χ2n) is 6.82. The zero-order valence-electron chi connectivity index (χ0n) is 15.4. The Morgan fingerprint density at radius 3 is 2.52 bits per heavy atom. The van der Waals surface area contributed by atoms with Gasteiger partial charge in [-0.2, -0.15) is 0 Å². The minimum absolute atomic E-state index is 0.506. The molecule has 9 nitrogen and oxygen atoms in total. The van der Waals surface area contributed by atoms with Gasteiger partial charge in [-0.15, -0.1) is 5.10 Å². The van der Waals surface area contributed by atoms with Crippen molar-refractivity contribution in [3.8, 4) is 17.0 Å². The first-order chi connectivity index (χ1) is 13.9. The molecule has 1 fully saturated rings. The molecule has 2 aromatic carbocycles. The number of rotatable bonds is 4. The lowest BCUT2D eigenvalue weighted by molar-refractivity contribution is -0.254. The number of methoxy groups -OCH3 is 1. The van der Waals surface area contributed by atoms with Crippen molar-refractivity contribution in [1.82, 2.24) is 15.0 Å². The summed E-state index contributed by atoms with van der Waals surface area (Å²) in [7, 11) is 1.62. The van der Waals surface area contributed by atoms with Crippen LogP contribution in [0.25, 0.3) is 22.0 Å². The lowest BCUT2D eigenvalue weighted by atomic mass is 9.98. The van der Waals surface area contributed by atoms with E-state index in [1.54, 1.807) is 7.11 Å². The number of aliphatic hydroxyl groups is 4. The van der Waals surface area contributed by atoms with Crippen LogP contribution in [-0.2, 0) is 4.74 Å². The molecule has 2 heterocycles. The van der Waals surface area contributed by atoms with Gasteiger partial charge >= 0.3 is 0 Å². The van der Waals surface area contributed by atoms with E-state index in [1.807, 2.05) is 59.0 Å². The quantitative estimate of drug-likeness (QED) is 0.375. The van der Waals surface area contributed by atoms with Crippen molar-refractivity contribution in [1.29, 1.82) is 0 Å². The maximum atomic E-state index is 10.3. The van der Waals surface area contributed by atoms with Crippen molar-refractivity contribution in [3.63, 3.8) is 0 Å². The fourth-order valence-corrected chi connectivity index (χ4v) is 4.19. The average molecular weight is 513 g/mol. The summed E-state index contributed by atoms with van der Waals surface area (Å²) in [5.41, 5.74) is 1.41. The second-order valence-corrected chi connectivity index (χ2v) is 7.84. The molecule has 1 aliphatic rings. The highest BCUT2D eigenvalue weighted by Crippen LogP contribution is 2.33. The van der Waals surface area contributed by atoms with Gasteiger partial charge in [-0.05, 0) is 51.6 Å². The molecule has 0 bridgehead atoms. The van der Waals surface area contributed by atoms with Gasteiger partial charge in [0.2, 0.25) is 0 Å². The molecule has 4 rings (SSSR count). The minimum Gasteiger partial charge on any atom is -0.497 e. The van der Waals surface area contributed by atoms with Crippen molar-refractivity contribution >= 4 is 33.4 Å². The Balaban J connectivity index is 1.69. The Labute approximate surface area is 179 Å². The molecule has 0 radical (unpaired) electrons. The molecular formula is C19H20IN3O6. The zero-order valence-corrected chi connectivity index (χ0v) is 17.5. The summed E-state index contributed by atoms with van der Waals surface area (Å²) in [6.07, 6.45) is -6.45. The van der Waals surface area contributed by atoms with Gasteiger partial charge in [0.1, 0.15) is 39.6 Å². The van der Waals surface area contributed by atoms with E-state index in [0.29, 0.717) is 9.39 Å². The SMILES string of the molecule is COc1ccc2cc(-c3nnn([C@@H]4O[C@H](CO)[C@@H](O)[C@H](O)[C@H]4O)c3I)ccc2c1. The summed E-state index contributed by atoms with van der Waals surface area (Å²) < 4.78 is 12.8. The molecular weight excluding hydrogens is 493 g/mol. The summed E-state index contributed by atoms with van der Waals surface area (Å²) in [6, 6.07) is 11.6. The first-order valence-electron chi connectivity index (χ1n) is 8.94. The van der Waals surface area contributed by atoms with Crippen molar-refractivity contribution < 1.29 is 29.9 Å². The minimum atomic E-state index is -1.48. The van der Waals surface area contributed by atoms with Crippen LogP contribution in [0.2, 0.25) is 0 Å². The molecule has 0 spiro atoms. The predicted octanol–water partition coefficient (Wildman–Crippen LogP) is 0.684. The number of hydrogen-bond donors (Lipinski definition) is 4. The Hall–Kier alpha value is -1.83. The van der Waals surface area contributed by atoms with Crippen LogP contribution in [0.3, 0.4) is 0 Å². The first-order valence-corrected chi connectivity index (χ1v) is 10.0. The van der Waals surface area contributed by atoms with E-state index in [2.05, 4.69) is 10.3 Å². The molecule has 29 heavy (non-hydrogen) atoms. The Morgan fingerprint density at radius 2 is 1.79 bits per heavy atom. The normalized spacial score (nSPS) is 27.3. The van der Waals surface area contributed by atoms with Crippen molar-refractivity contribution in [2.45, 2.75) is 30.6 Å². The van der Waals surface area contributed by atoms with E-state index in [-0.39, 0.29) is 0 Å². The number of aromatic nitrogens is 3. The molecule has 3 aromatic rings. The zero-order chi connectivity index (χ0) is 20.7. The van der Waals surface area contributed by atoms with Gasteiger partial charge in [0.05, 0.1) is 13.7 Å². The van der Waals surface area contributed by atoms with E-state index in [4.69, 9.17) is 9.47 Å². The van der Waals surface area contributed by atoms with Crippen molar-refractivity contribution in [2.24, 2.45) is 0 Å². The van der Waals surface area contributed by atoms with E-state index in [1.165, 1.54) is 4.68 Å². The predicted molar refractivity (Wildman–Crippen MR) is 111 cm³/mol. The summed E-state index contributed by atoms with van der Waals surface area (Å²) in [5, 5.41) is 50.1. The average Bonchev–Trinajstić information content (AvgIpc) is 3.12. The van der Waals surface area contributed by atoms with Crippen LogP contribution in [-0.4, -0.2) is 73.6 Å². The highest BCUT2D eigenvalue weighted by atomic mass is 127. The van der Waals surface area contributed by atoms with Crippen LogP contribution in [0.4, 0.5) is 0 Å². The number of fused-ring (bicyclic) bond motifs is 1. The topological polar surface area (TPSA) is 130 Å². The molecule has 1 saturated heterocycles. The number of benzene rings is 2. The summed E-state index contributed by atoms with van der Waals surface area (Å²) in [4.78, 5) is 0. The maximum Gasteiger partial charge on any atom is 0.182 e. The van der Waals surface area contributed by atoms with Gasteiger partial charge in [0.25, 0.3) is 0 Å². The molecule has 0 unspecified atom stereocenters. The van der Waals surface area contributed by atoms with Gasteiger partial charge < -0.3 is 29.9 Å². The number of nitrogens with zero attached hydrogens (tertiary/aromatic N) is 3. The maximum absolute atomic E-state index is 10.3. The standard InChI is InChI=1S/C19H20IN3O6/c1-28-12-5-4-9-6-11(3-2-10(9)7-12)14-18(20)23(22-21-14)19-17(27)16(26)15(25)13(8-24)29-19/h2-7,13,15-17,19,24-27H,8H2,1H3/t13-,15-,16+,17-,19-/m1/s1. The highest BCUT2D eigenvalue weighted by molar-refractivity contribution is 14.1. The van der Waals surface area contributed by atoms with Crippen LogP contribution in [0.5, 0.6) is 5.75 Å². The third-order valence-electron chi connectivity index (χ3n) is 5.07. The van der Waals surface area contributed by atoms with Crippen LogP contribution in [0, 0.1) is 3.70 Å². The molecule has 0 saturated carbocycles. The molecule has 1 aliphatic heterocycles. The van der Waals surface area contributed by atoms with E-state index >= 15 is 0 Å². The molecule has 0 amide bonds. The Kier molecular flexibility index (Phi) is 5.73. The Bertz CT molecular complexity index is 1030. The Morgan fingerprint density at radius 1 is 1.07 bits per heavy atom. The van der Waals surface area contributed by atoms with E-state index in [9.17, 15) is 20.4 Å². The largest absolute Gasteiger partial charge is 0.497 e. The van der Waals surface area contributed by atoms with Crippen molar-refractivity contribution in [2.75, 3.05) is 13.7 Å². The lowest BCUT2D eigenvalue weighted by Crippen LogP contribution is -2.56. The molecule has 4 N–H and O–H groups in total. The second kappa shape index (κ2) is 8.13. The molecule has 10 heteroatoms. The van der Waals surface area contributed by atoms with E-state index < -0.39 is 37.3 Å². The van der Waals surface area contributed by atoms with Gasteiger partial charge in [-0.3, -0.25) is 0 Å². The lowest BCUT2D eigenvalue weighted by Gasteiger charge is -2.39. The fraction of sp³-hybridized carbons (Fsp3) is 0.368. The summed E-state index contributed by atoms with van der Waals surface area (Å²) in [6.45, 7) is -0.506. The highest BCUT2D eigenvalue weighted by Gasteiger charge is 2.45. The number of ether oxygens (including phenoxy) is 2. The van der Waals surface area contributed by atoms with Crippen LogP contribution >= 0.6 is 22.6 Å². The molecule has 154 valence electrons. The van der Waals surface area contributed by atoms with Gasteiger partial charge in [0, 0.05) is 5.56 Å². The van der Waals surface area contributed by atoms with Gasteiger partial charge in [-0.1, -0.05) is 23.4 Å². The molecule has 0 aliphatic carbocycles. The summed E-state index contributed by atoms with van der Waals surface area (Å²) in [5.74, 6) is 0.772. The number of halogens is 1. The number of hydrogen-bond acceptors (Lipinski definition) is 8. The van der Waals surface area contributed by atoms with E-state index in [0.717, 1.165) is 22.1 Å². The van der Waals surface area contributed by atoms with Crippen LogP contribution in [0.15, 0.2) is 36.4 Å². The summed E-state index contributed by atoms with van der Waals surface area (Å²) >= 11 is 2.04. The first kappa shape index (κ1) is 20.4. The monoisotopic (exact) mass is 513 g/mol.